The molecule has 7 heteroatoms. The molecule has 2 heterocycles. The number of nitrogens with zero attached hydrogens (tertiary/aromatic N) is 2. The van der Waals surface area contributed by atoms with Gasteiger partial charge in [-0.15, -0.1) is 0 Å². The van der Waals surface area contributed by atoms with Crippen LogP contribution in [0, 0.1) is 0 Å². The van der Waals surface area contributed by atoms with E-state index in [2.05, 4.69) is 4.90 Å². The highest BCUT2D eigenvalue weighted by Gasteiger charge is 2.20. The van der Waals surface area contributed by atoms with E-state index in [1.54, 1.807) is 29.2 Å². The summed E-state index contributed by atoms with van der Waals surface area (Å²) in [7, 11) is 0. The predicted molar refractivity (Wildman–Crippen MR) is 86.7 cm³/mol. The van der Waals surface area contributed by atoms with Crippen molar-refractivity contribution in [3.63, 3.8) is 0 Å². The highest BCUT2D eigenvalue weighted by Crippen LogP contribution is 2.40. The number of carbonyl (C=O) groups is 1. The van der Waals surface area contributed by atoms with Gasteiger partial charge in [0.05, 0.1) is 11.6 Å². The third-order valence-electron chi connectivity index (χ3n) is 3.97. The van der Waals surface area contributed by atoms with Gasteiger partial charge in [-0.2, -0.15) is 0 Å². The van der Waals surface area contributed by atoms with Gasteiger partial charge in [0, 0.05) is 38.8 Å². The molecule has 0 bridgehead atoms. The lowest BCUT2D eigenvalue weighted by Gasteiger charge is -2.33. The molecular formula is C16H19ClN2O4. The first-order valence-corrected chi connectivity index (χ1v) is 7.94. The van der Waals surface area contributed by atoms with Crippen LogP contribution in [0.5, 0.6) is 11.5 Å². The third-order valence-corrected chi connectivity index (χ3v) is 4.25. The molecule has 0 unspecified atom stereocenters. The van der Waals surface area contributed by atoms with Crippen molar-refractivity contribution in [2.75, 3.05) is 46.1 Å². The van der Waals surface area contributed by atoms with Crippen LogP contribution in [-0.2, 0) is 4.79 Å². The number of aliphatic hydroxyl groups excluding tert-OH is 1. The Kier molecular flexibility index (Phi) is 5.05. The standard InChI is InChI=1S/C16H19ClN2O4/c17-13-9-12(10-14-16(13)23-11-22-14)1-2-15(21)19-5-3-18(4-6-19)7-8-20/h1-2,9-10,20H,3-8,11H2/b2-1-. The van der Waals surface area contributed by atoms with Crippen LogP contribution in [0.1, 0.15) is 5.56 Å². The fraction of sp³-hybridized carbons (Fsp3) is 0.438. The second-order valence-electron chi connectivity index (χ2n) is 5.46. The molecule has 0 saturated carbocycles. The summed E-state index contributed by atoms with van der Waals surface area (Å²) in [5, 5.41) is 9.41. The Bertz CT molecular complexity index is 612. The number of aliphatic hydroxyl groups is 1. The molecular weight excluding hydrogens is 320 g/mol. The number of β-amino-alcohol motifs (C(OH)–C–C–N with tert-alkyl or cyclic N) is 1. The fourth-order valence-electron chi connectivity index (χ4n) is 2.69. The van der Waals surface area contributed by atoms with Crippen molar-refractivity contribution in [1.82, 2.24) is 9.80 Å². The van der Waals surface area contributed by atoms with E-state index in [0.717, 1.165) is 18.7 Å². The fourth-order valence-corrected chi connectivity index (χ4v) is 2.96. The van der Waals surface area contributed by atoms with Gasteiger partial charge in [-0.25, -0.2) is 0 Å². The number of benzene rings is 1. The van der Waals surface area contributed by atoms with Crippen LogP contribution in [0.3, 0.4) is 0 Å². The average Bonchev–Trinajstić information content (AvgIpc) is 3.03. The predicted octanol–water partition coefficient (Wildman–Crippen LogP) is 1.22. The van der Waals surface area contributed by atoms with Crippen molar-refractivity contribution >= 4 is 23.6 Å². The van der Waals surface area contributed by atoms with Crippen LogP contribution in [0.4, 0.5) is 0 Å². The molecule has 2 aliphatic rings. The van der Waals surface area contributed by atoms with Crippen molar-refractivity contribution in [2.45, 2.75) is 0 Å². The number of piperazine rings is 1. The quantitative estimate of drug-likeness (QED) is 0.836. The molecule has 0 atom stereocenters. The Morgan fingerprint density at radius 3 is 2.78 bits per heavy atom. The largest absolute Gasteiger partial charge is 0.454 e. The summed E-state index contributed by atoms with van der Waals surface area (Å²) in [4.78, 5) is 16.2. The van der Waals surface area contributed by atoms with Gasteiger partial charge >= 0.3 is 0 Å². The molecule has 2 aliphatic heterocycles. The summed E-state index contributed by atoms with van der Waals surface area (Å²) in [5.74, 6) is 1.12. The van der Waals surface area contributed by atoms with Gasteiger partial charge in [0.2, 0.25) is 12.7 Å². The molecule has 1 aromatic rings. The summed E-state index contributed by atoms with van der Waals surface area (Å²) in [5.41, 5.74) is 0.798. The summed E-state index contributed by atoms with van der Waals surface area (Å²) >= 11 is 6.12. The smallest absolute Gasteiger partial charge is 0.246 e. The molecule has 0 aliphatic carbocycles. The van der Waals surface area contributed by atoms with Crippen LogP contribution in [-0.4, -0.2) is 66.9 Å². The van der Waals surface area contributed by atoms with Crippen molar-refractivity contribution in [2.24, 2.45) is 0 Å². The number of rotatable bonds is 4. The van der Waals surface area contributed by atoms with Gasteiger partial charge in [0.15, 0.2) is 11.5 Å². The molecule has 0 spiro atoms. The van der Waals surface area contributed by atoms with Crippen LogP contribution in [0.15, 0.2) is 18.2 Å². The van der Waals surface area contributed by atoms with Crippen molar-refractivity contribution in [3.05, 3.63) is 28.8 Å². The van der Waals surface area contributed by atoms with Crippen molar-refractivity contribution < 1.29 is 19.4 Å². The van der Waals surface area contributed by atoms with Gasteiger partial charge in [0.25, 0.3) is 0 Å². The van der Waals surface area contributed by atoms with Crippen LogP contribution in [0.25, 0.3) is 6.08 Å². The zero-order valence-electron chi connectivity index (χ0n) is 12.7. The van der Waals surface area contributed by atoms with E-state index in [4.69, 9.17) is 26.2 Å². The highest BCUT2D eigenvalue weighted by molar-refractivity contribution is 6.32. The summed E-state index contributed by atoms with van der Waals surface area (Å²) in [6.07, 6.45) is 3.28. The highest BCUT2D eigenvalue weighted by atomic mass is 35.5. The molecule has 3 rings (SSSR count). The van der Waals surface area contributed by atoms with E-state index in [1.165, 1.54) is 0 Å². The van der Waals surface area contributed by atoms with Gasteiger partial charge < -0.3 is 19.5 Å². The molecule has 1 N–H and O–H groups in total. The van der Waals surface area contributed by atoms with E-state index in [9.17, 15) is 4.79 Å². The maximum atomic E-state index is 12.2. The number of hydrogen-bond acceptors (Lipinski definition) is 5. The number of carbonyl (C=O) groups excluding carboxylic acids is 1. The van der Waals surface area contributed by atoms with Gasteiger partial charge in [-0.1, -0.05) is 11.6 Å². The Morgan fingerprint density at radius 2 is 2.04 bits per heavy atom. The molecule has 1 amide bonds. The minimum atomic E-state index is -0.0255. The molecule has 1 fully saturated rings. The van der Waals surface area contributed by atoms with E-state index in [1.807, 2.05) is 0 Å². The first-order valence-electron chi connectivity index (χ1n) is 7.57. The monoisotopic (exact) mass is 338 g/mol. The Hall–Kier alpha value is -1.76. The lowest BCUT2D eigenvalue weighted by molar-refractivity contribution is -0.127. The Morgan fingerprint density at radius 1 is 1.26 bits per heavy atom. The number of amides is 1. The summed E-state index contributed by atoms with van der Waals surface area (Å²) in [6, 6.07) is 3.55. The molecule has 1 aromatic carbocycles. The number of hydrogen-bond donors (Lipinski definition) is 1. The zero-order valence-corrected chi connectivity index (χ0v) is 13.5. The lowest BCUT2D eigenvalue weighted by Crippen LogP contribution is -2.48. The van der Waals surface area contributed by atoms with Crippen LogP contribution in [0.2, 0.25) is 5.02 Å². The first-order chi connectivity index (χ1) is 11.2. The van der Waals surface area contributed by atoms with Crippen LogP contribution >= 0.6 is 11.6 Å². The van der Waals surface area contributed by atoms with E-state index < -0.39 is 0 Å². The lowest BCUT2D eigenvalue weighted by atomic mass is 10.2. The molecule has 1 saturated heterocycles. The van der Waals surface area contributed by atoms with Crippen LogP contribution < -0.4 is 9.47 Å². The summed E-state index contributed by atoms with van der Waals surface area (Å²) < 4.78 is 10.6. The minimum Gasteiger partial charge on any atom is -0.454 e. The molecule has 6 nitrogen and oxygen atoms in total. The third kappa shape index (κ3) is 3.77. The number of halogens is 1. The SMILES string of the molecule is O=C(/C=C\c1cc(Cl)c2c(c1)OCO2)N1CCN(CCO)CC1. The maximum absolute atomic E-state index is 12.2. The van der Waals surface area contributed by atoms with Crippen molar-refractivity contribution in [3.8, 4) is 11.5 Å². The van der Waals surface area contributed by atoms with E-state index >= 15 is 0 Å². The Labute approximate surface area is 139 Å². The van der Waals surface area contributed by atoms with Gasteiger partial charge in [0.1, 0.15) is 0 Å². The zero-order chi connectivity index (χ0) is 16.2. The summed E-state index contributed by atoms with van der Waals surface area (Å²) in [6.45, 7) is 3.90. The number of ether oxygens (including phenoxy) is 2. The topological polar surface area (TPSA) is 62.2 Å². The van der Waals surface area contributed by atoms with Crippen molar-refractivity contribution in [1.29, 1.82) is 0 Å². The average molecular weight is 339 g/mol. The molecule has 124 valence electrons. The normalized spacial score (nSPS) is 17.9. The molecule has 0 aromatic heterocycles. The van der Waals surface area contributed by atoms with Gasteiger partial charge in [-0.3, -0.25) is 9.69 Å². The Balaban J connectivity index is 1.60. The maximum Gasteiger partial charge on any atom is 0.246 e. The second kappa shape index (κ2) is 7.21. The molecule has 0 radical (unpaired) electrons. The number of fused-ring (bicyclic) bond motifs is 1. The van der Waals surface area contributed by atoms with Gasteiger partial charge in [-0.05, 0) is 23.8 Å². The van der Waals surface area contributed by atoms with E-state index in [0.29, 0.717) is 36.2 Å². The molecule has 23 heavy (non-hydrogen) atoms. The van der Waals surface area contributed by atoms with E-state index in [-0.39, 0.29) is 19.3 Å². The second-order valence-corrected chi connectivity index (χ2v) is 5.87. The minimum absolute atomic E-state index is 0.0255. The first kappa shape index (κ1) is 16.1.